The summed E-state index contributed by atoms with van der Waals surface area (Å²) in [4.78, 5) is 0. The molecule has 0 saturated heterocycles. The SMILES string of the molecule is CCOC(C)(C)CNC(CC)c1cccc(Br)c1. The Bertz CT molecular complexity index is 365. The lowest BCUT2D eigenvalue weighted by Crippen LogP contribution is -2.39. The summed E-state index contributed by atoms with van der Waals surface area (Å²) in [6.07, 6.45) is 1.07. The third-order valence-corrected chi connectivity index (χ3v) is 3.46. The lowest BCUT2D eigenvalue weighted by molar-refractivity contribution is -0.0107. The first-order valence-corrected chi connectivity index (χ1v) is 7.40. The second-order valence-corrected chi connectivity index (χ2v) is 6.01. The van der Waals surface area contributed by atoms with Crippen LogP contribution in [0.2, 0.25) is 0 Å². The van der Waals surface area contributed by atoms with Crippen molar-refractivity contribution in [2.45, 2.75) is 45.8 Å². The fraction of sp³-hybridized carbons (Fsp3) is 0.600. The Morgan fingerprint density at radius 1 is 1.33 bits per heavy atom. The van der Waals surface area contributed by atoms with E-state index in [1.54, 1.807) is 0 Å². The first-order valence-electron chi connectivity index (χ1n) is 6.61. The summed E-state index contributed by atoms with van der Waals surface area (Å²) in [5.74, 6) is 0. The molecule has 1 atom stereocenters. The van der Waals surface area contributed by atoms with Gasteiger partial charge in [-0.05, 0) is 44.9 Å². The minimum Gasteiger partial charge on any atom is -0.375 e. The molecule has 3 heteroatoms. The van der Waals surface area contributed by atoms with Gasteiger partial charge in [0.2, 0.25) is 0 Å². The molecule has 0 spiro atoms. The predicted molar refractivity (Wildman–Crippen MR) is 80.9 cm³/mol. The van der Waals surface area contributed by atoms with Crippen LogP contribution in [0, 0.1) is 0 Å². The van der Waals surface area contributed by atoms with Crippen molar-refractivity contribution < 1.29 is 4.74 Å². The molecule has 1 rings (SSSR count). The maximum absolute atomic E-state index is 5.71. The molecule has 1 aromatic rings. The molecule has 1 N–H and O–H groups in total. The molecule has 0 bridgehead atoms. The molecule has 18 heavy (non-hydrogen) atoms. The number of halogens is 1. The zero-order valence-corrected chi connectivity index (χ0v) is 13.4. The van der Waals surface area contributed by atoms with Crippen LogP contribution in [-0.2, 0) is 4.74 Å². The molecule has 0 aliphatic rings. The third-order valence-electron chi connectivity index (χ3n) is 2.97. The first kappa shape index (κ1) is 15.7. The van der Waals surface area contributed by atoms with E-state index in [2.05, 4.69) is 66.3 Å². The molecule has 2 nitrogen and oxygen atoms in total. The summed E-state index contributed by atoms with van der Waals surface area (Å²) in [7, 11) is 0. The molecule has 0 radical (unpaired) electrons. The molecule has 102 valence electrons. The minimum absolute atomic E-state index is 0.117. The lowest BCUT2D eigenvalue weighted by Gasteiger charge is -2.28. The molecule has 0 aliphatic carbocycles. The first-order chi connectivity index (χ1) is 8.48. The second-order valence-electron chi connectivity index (χ2n) is 5.09. The Morgan fingerprint density at radius 3 is 2.61 bits per heavy atom. The molecular weight excluding hydrogens is 290 g/mol. The quantitative estimate of drug-likeness (QED) is 0.810. The van der Waals surface area contributed by atoms with Crippen LogP contribution in [0.5, 0.6) is 0 Å². The Balaban J connectivity index is 2.63. The summed E-state index contributed by atoms with van der Waals surface area (Å²) in [5, 5.41) is 3.59. The standard InChI is InChI=1S/C15H24BrNO/c1-5-14(12-8-7-9-13(16)10-12)17-11-15(3,4)18-6-2/h7-10,14,17H,5-6,11H2,1-4H3. The highest BCUT2D eigenvalue weighted by molar-refractivity contribution is 9.10. The highest BCUT2D eigenvalue weighted by Gasteiger charge is 2.19. The van der Waals surface area contributed by atoms with Gasteiger partial charge in [0.25, 0.3) is 0 Å². The molecule has 0 aromatic heterocycles. The summed E-state index contributed by atoms with van der Waals surface area (Å²) < 4.78 is 6.84. The number of ether oxygens (including phenoxy) is 1. The van der Waals surface area contributed by atoms with Gasteiger partial charge in [-0.2, -0.15) is 0 Å². The van der Waals surface area contributed by atoms with Crippen LogP contribution in [0.25, 0.3) is 0 Å². The number of hydrogen-bond donors (Lipinski definition) is 1. The van der Waals surface area contributed by atoms with Crippen LogP contribution >= 0.6 is 15.9 Å². The van der Waals surface area contributed by atoms with Crippen molar-refractivity contribution in [1.82, 2.24) is 5.32 Å². The maximum atomic E-state index is 5.71. The highest BCUT2D eigenvalue weighted by atomic mass is 79.9. The maximum Gasteiger partial charge on any atom is 0.0750 e. The predicted octanol–water partition coefficient (Wildman–Crippen LogP) is 4.30. The summed E-state index contributed by atoms with van der Waals surface area (Å²) in [6.45, 7) is 10.1. The van der Waals surface area contributed by atoms with E-state index in [1.165, 1.54) is 5.56 Å². The highest BCUT2D eigenvalue weighted by Crippen LogP contribution is 2.21. The minimum atomic E-state index is -0.117. The summed E-state index contributed by atoms with van der Waals surface area (Å²) >= 11 is 3.52. The van der Waals surface area contributed by atoms with E-state index in [4.69, 9.17) is 4.74 Å². The third kappa shape index (κ3) is 5.09. The van der Waals surface area contributed by atoms with Crippen LogP contribution in [0.3, 0.4) is 0 Å². The van der Waals surface area contributed by atoms with Crippen LogP contribution in [0.15, 0.2) is 28.7 Å². The number of hydrogen-bond acceptors (Lipinski definition) is 2. The Morgan fingerprint density at radius 2 is 2.06 bits per heavy atom. The molecular formula is C15H24BrNO. The summed E-state index contributed by atoms with van der Waals surface area (Å²) in [5.41, 5.74) is 1.20. The average molecular weight is 314 g/mol. The molecule has 0 fully saturated rings. The van der Waals surface area contributed by atoms with Gasteiger partial charge in [-0.3, -0.25) is 0 Å². The number of nitrogens with one attached hydrogen (secondary N) is 1. The van der Waals surface area contributed by atoms with E-state index < -0.39 is 0 Å². The van der Waals surface area contributed by atoms with Gasteiger partial charge in [-0.25, -0.2) is 0 Å². The Hall–Kier alpha value is -0.380. The van der Waals surface area contributed by atoms with Gasteiger partial charge in [-0.15, -0.1) is 0 Å². The van der Waals surface area contributed by atoms with E-state index >= 15 is 0 Å². The number of benzene rings is 1. The van der Waals surface area contributed by atoms with Crippen molar-refractivity contribution >= 4 is 15.9 Å². The van der Waals surface area contributed by atoms with Crippen molar-refractivity contribution in [3.63, 3.8) is 0 Å². The topological polar surface area (TPSA) is 21.3 Å². The average Bonchev–Trinajstić information content (AvgIpc) is 2.29. The second kappa shape index (κ2) is 7.27. The monoisotopic (exact) mass is 313 g/mol. The van der Waals surface area contributed by atoms with E-state index in [9.17, 15) is 0 Å². The zero-order chi connectivity index (χ0) is 13.6. The molecule has 1 aromatic carbocycles. The Labute approximate surface area is 119 Å². The van der Waals surface area contributed by atoms with Gasteiger partial charge in [0.15, 0.2) is 0 Å². The fourth-order valence-corrected chi connectivity index (χ4v) is 2.45. The van der Waals surface area contributed by atoms with Crippen molar-refractivity contribution in [2.24, 2.45) is 0 Å². The fourth-order valence-electron chi connectivity index (χ4n) is 2.03. The van der Waals surface area contributed by atoms with E-state index in [-0.39, 0.29) is 5.60 Å². The largest absolute Gasteiger partial charge is 0.375 e. The van der Waals surface area contributed by atoms with Crippen LogP contribution in [0.4, 0.5) is 0 Å². The number of rotatable bonds is 7. The summed E-state index contributed by atoms with van der Waals surface area (Å²) in [6, 6.07) is 8.86. The molecule has 0 amide bonds. The lowest BCUT2D eigenvalue weighted by atomic mass is 10.0. The molecule has 0 saturated carbocycles. The van der Waals surface area contributed by atoms with Gasteiger partial charge in [0.05, 0.1) is 5.60 Å². The van der Waals surface area contributed by atoms with Gasteiger partial charge in [0, 0.05) is 23.7 Å². The van der Waals surface area contributed by atoms with Crippen molar-refractivity contribution in [1.29, 1.82) is 0 Å². The van der Waals surface area contributed by atoms with Crippen LogP contribution in [-0.4, -0.2) is 18.8 Å². The molecule has 1 unspecified atom stereocenters. The smallest absolute Gasteiger partial charge is 0.0750 e. The Kier molecular flexibility index (Phi) is 6.33. The van der Waals surface area contributed by atoms with Crippen LogP contribution < -0.4 is 5.32 Å². The van der Waals surface area contributed by atoms with Gasteiger partial charge in [-0.1, -0.05) is 35.0 Å². The van der Waals surface area contributed by atoms with E-state index in [0.29, 0.717) is 6.04 Å². The van der Waals surface area contributed by atoms with Crippen LogP contribution in [0.1, 0.15) is 45.7 Å². The van der Waals surface area contributed by atoms with Crippen molar-refractivity contribution in [2.75, 3.05) is 13.2 Å². The van der Waals surface area contributed by atoms with Gasteiger partial charge >= 0.3 is 0 Å². The van der Waals surface area contributed by atoms with E-state index in [0.717, 1.165) is 24.0 Å². The van der Waals surface area contributed by atoms with Gasteiger partial charge in [0.1, 0.15) is 0 Å². The van der Waals surface area contributed by atoms with E-state index in [1.807, 2.05) is 6.92 Å². The molecule has 0 aliphatic heterocycles. The van der Waals surface area contributed by atoms with Gasteiger partial charge < -0.3 is 10.1 Å². The van der Waals surface area contributed by atoms with Crippen molar-refractivity contribution in [3.05, 3.63) is 34.3 Å². The molecule has 0 heterocycles. The zero-order valence-electron chi connectivity index (χ0n) is 11.8. The normalized spacial score (nSPS) is 13.6. The van der Waals surface area contributed by atoms with Crippen molar-refractivity contribution in [3.8, 4) is 0 Å².